The molecule has 7 heteroatoms. The first-order valence-electron chi connectivity index (χ1n) is 9.91. The van der Waals surface area contributed by atoms with Crippen LogP contribution in [0.2, 0.25) is 0 Å². The number of urea groups is 1. The van der Waals surface area contributed by atoms with Crippen LogP contribution in [0, 0.1) is 10.8 Å². The van der Waals surface area contributed by atoms with Gasteiger partial charge in [0.1, 0.15) is 11.7 Å². The van der Waals surface area contributed by atoms with Crippen molar-refractivity contribution in [3.8, 4) is 0 Å². The molecule has 0 spiro atoms. The minimum atomic E-state index is -0.400. The van der Waals surface area contributed by atoms with Gasteiger partial charge >= 0.3 is 6.03 Å². The lowest BCUT2D eigenvalue weighted by Gasteiger charge is -2.41. The van der Waals surface area contributed by atoms with Gasteiger partial charge in [0.2, 0.25) is 0 Å². The SMILES string of the molecule is CC1(C)N(Cc2ccc(C(=N)N)cc2)C(=O)N(Cc2ccc(C(=N)N)cc2)C1(C)C. The highest BCUT2D eigenvalue weighted by Gasteiger charge is 2.56. The molecule has 0 radical (unpaired) electrons. The Morgan fingerprint density at radius 3 is 1.30 bits per heavy atom. The van der Waals surface area contributed by atoms with Crippen LogP contribution in [0.5, 0.6) is 0 Å². The van der Waals surface area contributed by atoms with Crippen molar-refractivity contribution in [1.29, 1.82) is 10.8 Å². The number of nitrogens with two attached hydrogens (primary N) is 2. The van der Waals surface area contributed by atoms with E-state index in [0.29, 0.717) is 24.2 Å². The Morgan fingerprint density at radius 1 is 0.733 bits per heavy atom. The third-order valence-electron chi connectivity index (χ3n) is 6.52. The topological polar surface area (TPSA) is 123 Å². The highest BCUT2D eigenvalue weighted by molar-refractivity contribution is 5.95. The highest BCUT2D eigenvalue weighted by atomic mass is 16.2. The summed E-state index contributed by atoms with van der Waals surface area (Å²) in [6.07, 6.45) is 0. The summed E-state index contributed by atoms with van der Waals surface area (Å²) in [5.41, 5.74) is 13.6. The van der Waals surface area contributed by atoms with Gasteiger partial charge in [0, 0.05) is 24.2 Å². The molecule has 6 N–H and O–H groups in total. The second-order valence-corrected chi connectivity index (χ2v) is 8.79. The number of amidine groups is 2. The van der Waals surface area contributed by atoms with E-state index in [2.05, 4.69) is 27.7 Å². The fourth-order valence-electron chi connectivity index (χ4n) is 3.76. The number of nitrogen functional groups attached to an aromatic ring is 2. The molecule has 0 atom stereocenters. The highest BCUT2D eigenvalue weighted by Crippen LogP contribution is 2.42. The zero-order chi connectivity index (χ0) is 22.3. The van der Waals surface area contributed by atoms with Crippen molar-refractivity contribution in [2.75, 3.05) is 0 Å². The van der Waals surface area contributed by atoms with Gasteiger partial charge in [0.05, 0.1) is 11.1 Å². The van der Waals surface area contributed by atoms with Gasteiger partial charge in [-0.3, -0.25) is 10.8 Å². The predicted molar refractivity (Wildman–Crippen MR) is 120 cm³/mol. The van der Waals surface area contributed by atoms with Crippen molar-refractivity contribution >= 4 is 17.7 Å². The molecule has 1 aliphatic heterocycles. The van der Waals surface area contributed by atoms with Crippen LogP contribution in [0.1, 0.15) is 49.9 Å². The second-order valence-electron chi connectivity index (χ2n) is 8.79. The molecule has 30 heavy (non-hydrogen) atoms. The molecule has 2 aromatic rings. The summed E-state index contributed by atoms with van der Waals surface area (Å²) in [5, 5.41) is 15.1. The van der Waals surface area contributed by atoms with Crippen LogP contribution in [0.4, 0.5) is 4.79 Å². The third-order valence-corrected chi connectivity index (χ3v) is 6.52. The molecule has 0 unspecified atom stereocenters. The molecule has 0 aromatic heterocycles. The molecule has 158 valence electrons. The van der Waals surface area contributed by atoms with Crippen molar-refractivity contribution in [3.63, 3.8) is 0 Å². The lowest BCUT2D eigenvalue weighted by molar-refractivity contribution is 0.101. The molecule has 3 rings (SSSR count). The predicted octanol–water partition coefficient (Wildman–Crippen LogP) is 3.25. The molecule has 1 heterocycles. The van der Waals surface area contributed by atoms with Gasteiger partial charge in [-0.25, -0.2) is 4.79 Å². The maximum absolute atomic E-state index is 13.4. The van der Waals surface area contributed by atoms with Gasteiger partial charge < -0.3 is 21.3 Å². The van der Waals surface area contributed by atoms with Crippen molar-refractivity contribution in [1.82, 2.24) is 9.80 Å². The van der Waals surface area contributed by atoms with Crippen LogP contribution in [-0.4, -0.2) is 38.6 Å². The summed E-state index contributed by atoms with van der Waals surface area (Å²) in [6, 6.07) is 14.9. The van der Waals surface area contributed by atoms with Crippen LogP contribution < -0.4 is 11.5 Å². The number of rotatable bonds is 6. The number of carbonyl (C=O) groups is 1. The van der Waals surface area contributed by atoms with Gasteiger partial charge in [-0.05, 0) is 38.8 Å². The molecule has 0 saturated carbocycles. The van der Waals surface area contributed by atoms with Gasteiger partial charge in [-0.2, -0.15) is 0 Å². The van der Waals surface area contributed by atoms with Crippen molar-refractivity contribution in [3.05, 3.63) is 70.8 Å². The number of hydrogen-bond donors (Lipinski definition) is 4. The maximum atomic E-state index is 13.4. The van der Waals surface area contributed by atoms with Crippen LogP contribution in [0.25, 0.3) is 0 Å². The van der Waals surface area contributed by atoms with Crippen molar-refractivity contribution in [2.45, 2.75) is 51.9 Å². The Kier molecular flexibility index (Phi) is 5.33. The quantitative estimate of drug-likeness (QED) is 0.435. The van der Waals surface area contributed by atoms with Crippen molar-refractivity contribution < 1.29 is 4.79 Å². The summed E-state index contributed by atoms with van der Waals surface area (Å²) in [5.74, 6) is 0.0597. The third kappa shape index (κ3) is 3.63. The minimum Gasteiger partial charge on any atom is -0.384 e. The second kappa shape index (κ2) is 7.48. The molecule has 1 aliphatic rings. The van der Waals surface area contributed by atoms with E-state index in [4.69, 9.17) is 22.3 Å². The van der Waals surface area contributed by atoms with Gasteiger partial charge in [0.15, 0.2) is 0 Å². The van der Waals surface area contributed by atoms with Gasteiger partial charge in [-0.15, -0.1) is 0 Å². The Bertz CT molecular complexity index is 896. The first-order valence-corrected chi connectivity index (χ1v) is 9.91. The summed E-state index contributed by atoms with van der Waals surface area (Å²) in [7, 11) is 0. The summed E-state index contributed by atoms with van der Waals surface area (Å²) in [4.78, 5) is 17.2. The summed E-state index contributed by atoms with van der Waals surface area (Å²) < 4.78 is 0. The smallest absolute Gasteiger partial charge is 0.321 e. The maximum Gasteiger partial charge on any atom is 0.321 e. The Labute approximate surface area is 177 Å². The number of amides is 2. The number of hydrogen-bond acceptors (Lipinski definition) is 3. The van der Waals surface area contributed by atoms with Crippen LogP contribution in [-0.2, 0) is 13.1 Å². The Morgan fingerprint density at radius 2 is 1.03 bits per heavy atom. The van der Waals surface area contributed by atoms with E-state index >= 15 is 0 Å². The monoisotopic (exact) mass is 406 g/mol. The minimum absolute atomic E-state index is 0.0173. The lowest BCUT2D eigenvalue weighted by atomic mass is 9.82. The summed E-state index contributed by atoms with van der Waals surface area (Å²) >= 11 is 0. The Hall–Kier alpha value is -3.35. The fraction of sp³-hybridized carbons (Fsp3) is 0.348. The molecular formula is C23H30N6O. The molecule has 0 aliphatic carbocycles. The number of benzene rings is 2. The molecule has 2 aromatic carbocycles. The van der Waals surface area contributed by atoms with E-state index < -0.39 is 11.1 Å². The fourth-order valence-corrected chi connectivity index (χ4v) is 3.76. The Balaban J connectivity index is 1.85. The number of nitrogens with one attached hydrogen (secondary N) is 2. The van der Waals surface area contributed by atoms with E-state index in [-0.39, 0.29) is 17.7 Å². The average Bonchev–Trinajstić information content (AvgIpc) is 2.80. The molecule has 2 amide bonds. The van der Waals surface area contributed by atoms with Crippen LogP contribution >= 0.6 is 0 Å². The molecule has 7 nitrogen and oxygen atoms in total. The number of carbonyl (C=O) groups excluding carboxylic acids is 1. The number of nitrogens with zero attached hydrogens (tertiary/aromatic N) is 2. The zero-order valence-electron chi connectivity index (χ0n) is 18.0. The van der Waals surface area contributed by atoms with Crippen LogP contribution in [0.3, 0.4) is 0 Å². The first kappa shape index (κ1) is 21.4. The normalized spacial score (nSPS) is 17.3. The van der Waals surface area contributed by atoms with Crippen molar-refractivity contribution in [2.24, 2.45) is 11.5 Å². The van der Waals surface area contributed by atoms with E-state index in [1.165, 1.54) is 0 Å². The van der Waals surface area contributed by atoms with E-state index in [0.717, 1.165) is 11.1 Å². The molecule has 1 saturated heterocycles. The standard InChI is InChI=1S/C23H30N6O/c1-22(2)23(3,4)29(14-16-7-11-18(12-8-16)20(26)27)21(30)28(22)13-15-5-9-17(10-6-15)19(24)25/h5-12H,13-14H2,1-4H3,(H3,24,25)(H3,26,27). The molecule has 0 bridgehead atoms. The van der Waals surface area contributed by atoms with Gasteiger partial charge in [0.25, 0.3) is 0 Å². The van der Waals surface area contributed by atoms with E-state index in [1.54, 1.807) is 0 Å². The van der Waals surface area contributed by atoms with Gasteiger partial charge in [-0.1, -0.05) is 48.5 Å². The van der Waals surface area contributed by atoms with Crippen LogP contribution in [0.15, 0.2) is 48.5 Å². The van der Waals surface area contributed by atoms with E-state index in [9.17, 15) is 4.79 Å². The summed E-state index contributed by atoms with van der Waals surface area (Å²) in [6.45, 7) is 9.32. The largest absolute Gasteiger partial charge is 0.384 e. The first-order chi connectivity index (χ1) is 13.9. The molecular weight excluding hydrogens is 376 g/mol. The van der Waals surface area contributed by atoms with E-state index in [1.807, 2.05) is 58.3 Å². The average molecular weight is 407 g/mol. The zero-order valence-corrected chi connectivity index (χ0v) is 18.0. The molecule has 1 fully saturated rings. The lowest BCUT2D eigenvalue weighted by Crippen LogP contribution is -2.53.